The fourth-order valence-electron chi connectivity index (χ4n) is 3.82. The van der Waals surface area contributed by atoms with E-state index < -0.39 is 30.7 Å². The molecule has 0 aliphatic carbocycles. The number of para-hydroxylation sites is 1. The molecule has 0 radical (unpaired) electrons. The highest BCUT2D eigenvalue weighted by Gasteiger charge is 2.54. The van der Waals surface area contributed by atoms with Crippen LogP contribution in [0.1, 0.15) is 24.3 Å². The summed E-state index contributed by atoms with van der Waals surface area (Å²) in [5, 5.41) is 14.2. The number of aliphatic hydroxyl groups is 1. The lowest BCUT2D eigenvalue weighted by molar-refractivity contribution is -0.258. The fraction of sp³-hybridized carbons (Fsp3) is 0.318. The van der Waals surface area contributed by atoms with E-state index in [-0.39, 0.29) is 0 Å². The van der Waals surface area contributed by atoms with Gasteiger partial charge in [0.15, 0.2) is 5.60 Å². The highest BCUT2D eigenvalue weighted by Crippen LogP contribution is 2.43. The van der Waals surface area contributed by atoms with E-state index in [2.05, 4.69) is 10.3 Å². The van der Waals surface area contributed by atoms with Crippen molar-refractivity contribution in [1.82, 2.24) is 4.98 Å². The van der Waals surface area contributed by atoms with Gasteiger partial charge < -0.3 is 15.2 Å². The Labute approximate surface area is 166 Å². The first kappa shape index (κ1) is 19.5. The molecule has 4 nitrogen and oxygen atoms in total. The van der Waals surface area contributed by atoms with Crippen LogP contribution in [0.4, 0.5) is 18.9 Å². The first-order valence-corrected chi connectivity index (χ1v) is 9.46. The first-order chi connectivity index (χ1) is 13.9. The highest BCUT2D eigenvalue weighted by molar-refractivity contribution is 5.91. The van der Waals surface area contributed by atoms with Crippen molar-refractivity contribution in [2.24, 2.45) is 0 Å². The summed E-state index contributed by atoms with van der Waals surface area (Å²) in [5.41, 5.74) is -1.00. The molecule has 0 amide bonds. The number of nitrogens with one attached hydrogen (secondary N) is 1. The van der Waals surface area contributed by atoms with Crippen molar-refractivity contribution >= 4 is 16.6 Å². The Balaban J connectivity index is 1.59. The van der Waals surface area contributed by atoms with Crippen LogP contribution >= 0.6 is 0 Å². The predicted molar refractivity (Wildman–Crippen MR) is 105 cm³/mol. The average molecular weight is 402 g/mol. The number of fused-ring (bicyclic) bond motifs is 2. The molecule has 3 aromatic rings. The van der Waals surface area contributed by atoms with Gasteiger partial charge in [-0.2, -0.15) is 13.2 Å². The third-order valence-corrected chi connectivity index (χ3v) is 5.41. The number of nitrogens with zero attached hydrogens (tertiary/aromatic N) is 1. The van der Waals surface area contributed by atoms with Crippen molar-refractivity contribution in [3.8, 4) is 5.75 Å². The molecule has 0 spiro atoms. The second kappa shape index (κ2) is 7.55. The molecular formula is C22H21F3N2O2. The van der Waals surface area contributed by atoms with E-state index in [1.165, 1.54) is 0 Å². The number of halogens is 3. The van der Waals surface area contributed by atoms with E-state index in [0.717, 1.165) is 0 Å². The second-order valence-corrected chi connectivity index (χ2v) is 7.33. The van der Waals surface area contributed by atoms with Gasteiger partial charge in [0, 0.05) is 17.3 Å². The largest absolute Gasteiger partial charge is 0.493 e. The van der Waals surface area contributed by atoms with Crippen molar-refractivity contribution in [3.63, 3.8) is 0 Å². The van der Waals surface area contributed by atoms with Crippen molar-refractivity contribution in [3.05, 3.63) is 66.4 Å². The quantitative estimate of drug-likeness (QED) is 0.638. The zero-order valence-electron chi connectivity index (χ0n) is 15.6. The van der Waals surface area contributed by atoms with Crippen LogP contribution in [0.5, 0.6) is 5.75 Å². The van der Waals surface area contributed by atoms with Crippen LogP contribution in [0, 0.1) is 0 Å². The fourth-order valence-corrected chi connectivity index (χ4v) is 3.82. The topological polar surface area (TPSA) is 54.4 Å². The second-order valence-electron chi connectivity index (χ2n) is 7.33. The normalized spacial score (nSPS) is 18.6. The molecule has 0 fully saturated rings. The Morgan fingerprint density at radius 2 is 1.90 bits per heavy atom. The van der Waals surface area contributed by atoms with E-state index in [1.807, 2.05) is 0 Å². The minimum Gasteiger partial charge on any atom is -0.493 e. The maximum absolute atomic E-state index is 13.9. The molecule has 1 aliphatic rings. The standard InChI is InChI=1S/C22H21F3N2O2/c23-22(24,25)21(28,13-15-10-12-29-20-9-2-1-5-16(15)20)14-27-19-8-3-7-18-17(19)6-4-11-26-18/h1-9,11,15,27-28H,10,12-14H2. The summed E-state index contributed by atoms with van der Waals surface area (Å²) in [5.74, 6) is 0.143. The molecule has 152 valence electrons. The minimum absolute atomic E-state index is 0.331. The molecule has 1 aliphatic heterocycles. The summed E-state index contributed by atoms with van der Waals surface area (Å²) in [6.07, 6.45) is -3.17. The zero-order valence-corrected chi connectivity index (χ0v) is 15.6. The van der Waals surface area contributed by atoms with Gasteiger partial charge in [0.25, 0.3) is 0 Å². The first-order valence-electron chi connectivity index (χ1n) is 9.46. The maximum atomic E-state index is 13.9. The molecule has 2 unspecified atom stereocenters. The summed E-state index contributed by atoms with van der Waals surface area (Å²) < 4.78 is 47.3. The maximum Gasteiger partial charge on any atom is 0.418 e. The van der Waals surface area contributed by atoms with Gasteiger partial charge in [-0.3, -0.25) is 4.98 Å². The Morgan fingerprint density at radius 3 is 2.72 bits per heavy atom. The van der Waals surface area contributed by atoms with Crippen LogP contribution < -0.4 is 10.1 Å². The van der Waals surface area contributed by atoms with Crippen molar-refractivity contribution < 1.29 is 23.0 Å². The van der Waals surface area contributed by atoms with Gasteiger partial charge in [-0.1, -0.05) is 24.3 Å². The molecule has 29 heavy (non-hydrogen) atoms. The average Bonchev–Trinajstić information content (AvgIpc) is 2.72. The number of anilines is 1. The summed E-state index contributed by atoms with van der Waals surface area (Å²) in [7, 11) is 0. The SMILES string of the molecule is OC(CNc1cccc2ncccc12)(CC1CCOc2ccccc21)C(F)(F)F. The molecule has 0 saturated heterocycles. The summed E-state index contributed by atoms with van der Waals surface area (Å²) in [6, 6.07) is 15.8. The van der Waals surface area contributed by atoms with Crippen molar-refractivity contribution in [1.29, 1.82) is 0 Å². The molecular weight excluding hydrogens is 381 g/mol. The summed E-state index contributed by atoms with van der Waals surface area (Å²) >= 11 is 0. The molecule has 0 bridgehead atoms. The molecule has 2 N–H and O–H groups in total. The number of benzene rings is 2. The highest BCUT2D eigenvalue weighted by atomic mass is 19.4. The Morgan fingerprint density at radius 1 is 1.07 bits per heavy atom. The monoisotopic (exact) mass is 402 g/mol. The van der Waals surface area contributed by atoms with E-state index in [9.17, 15) is 18.3 Å². The number of ether oxygens (including phenoxy) is 1. The molecule has 2 atom stereocenters. The van der Waals surface area contributed by atoms with Gasteiger partial charge in [0.05, 0.1) is 18.7 Å². The molecule has 4 rings (SSSR count). The van der Waals surface area contributed by atoms with Crippen molar-refractivity contribution in [2.75, 3.05) is 18.5 Å². The van der Waals surface area contributed by atoms with Gasteiger partial charge in [-0.05, 0) is 54.7 Å². The third-order valence-electron chi connectivity index (χ3n) is 5.41. The Hall–Kier alpha value is -2.80. The Bertz CT molecular complexity index is 1000. The van der Waals surface area contributed by atoms with E-state index in [1.54, 1.807) is 60.8 Å². The summed E-state index contributed by atoms with van der Waals surface area (Å²) in [6.45, 7) is -0.317. The van der Waals surface area contributed by atoms with Crippen LogP contribution in [-0.4, -0.2) is 35.0 Å². The van der Waals surface area contributed by atoms with Gasteiger partial charge in [-0.25, -0.2) is 0 Å². The number of aromatic nitrogens is 1. The lowest BCUT2D eigenvalue weighted by Gasteiger charge is -2.36. The van der Waals surface area contributed by atoms with E-state index in [4.69, 9.17) is 4.74 Å². The van der Waals surface area contributed by atoms with Gasteiger partial charge in [0.1, 0.15) is 5.75 Å². The van der Waals surface area contributed by atoms with Crippen LogP contribution in [-0.2, 0) is 0 Å². The molecule has 2 aromatic carbocycles. The van der Waals surface area contributed by atoms with Crippen LogP contribution in [0.15, 0.2) is 60.8 Å². The minimum atomic E-state index is -4.78. The summed E-state index contributed by atoms with van der Waals surface area (Å²) in [4.78, 5) is 4.22. The number of hydrogen-bond donors (Lipinski definition) is 2. The number of alkyl halides is 3. The third kappa shape index (κ3) is 3.87. The number of rotatable bonds is 5. The van der Waals surface area contributed by atoms with E-state index >= 15 is 0 Å². The van der Waals surface area contributed by atoms with E-state index in [0.29, 0.717) is 40.9 Å². The molecule has 0 saturated carbocycles. The number of hydrogen-bond acceptors (Lipinski definition) is 4. The number of pyridine rings is 1. The van der Waals surface area contributed by atoms with Crippen LogP contribution in [0.3, 0.4) is 0 Å². The predicted octanol–water partition coefficient (Wildman–Crippen LogP) is 4.90. The van der Waals surface area contributed by atoms with Crippen LogP contribution in [0.25, 0.3) is 10.9 Å². The lowest BCUT2D eigenvalue weighted by atomic mass is 9.82. The van der Waals surface area contributed by atoms with Crippen LogP contribution in [0.2, 0.25) is 0 Å². The molecule has 1 aromatic heterocycles. The molecule has 7 heteroatoms. The zero-order chi connectivity index (χ0) is 20.5. The smallest absolute Gasteiger partial charge is 0.418 e. The Kier molecular flexibility index (Phi) is 5.08. The van der Waals surface area contributed by atoms with Crippen molar-refractivity contribution in [2.45, 2.75) is 30.5 Å². The molecule has 2 heterocycles. The van der Waals surface area contributed by atoms with Gasteiger partial charge in [0.2, 0.25) is 0 Å². The van der Waals surface area contributed by atoms with Gasteiger partial charge in [-0.15, -0.1) is 0 Å². The van der Waals surface area contributed by atoms with Gasteiger partial charge >= 0.3 is 6.18 Å². The lowest BCUT2D eigenvalue weighted by Crippen LogP contribution is -2.51.